The maximum Gasteiger partial charge on any atom is 0.142 e. The summed E-state index contributed by atoms with van der Waals surface area (Å²) in [7, 11) is 0. The molecule has 0 rings (SSSR count). The van der Waals surface area contributed by atoms with Gasteiger partial charge in [-0.3, -0.25) is 4.79 Å². The predicted octanol–water partition coefficient (Wildman–Crippen LogP) is 4.49. The van der Waals surface area contributed by atoms with Gasteiger partial charge in [-0.25, -0.2) is 0 Å². The Labute approximate surface area is 110 Å². The molecule has 0 bridgehead atoms. The lowest BCUT2D eigenvalue weighted by Gasteiger charge is -1.77. The van der Waals surface area contributed by atoms with Crippen molar-refractivity contribution in [2.24, 2.45) is 0 Å². The molecule has 94 valence electrons. The lowest BCUT2D eigenvalue weighted by molar-refractivity contribution is -0.104. The molecule has 0 saturated heterocycles. The van der Waals surface area contributed by atoms with Crippen LogP contribution in [0.1, 0.15) is 13.3 Å². The van der Waals surface area contributed by atoms with Crippen LogP contribution >= 0.6 is 0 Å². The molecule has 0 heterocycles. The summed E-state index contributed by atoms with van der Waals surface area (Å²) in [6.45, 7) is 2.02. The van der Waals surface area contributed by atoms with Gasteiger partial charge in [-0.15, -0.1) is 0 Å². The van der Waals surface area contributed by atoms with Crippen LogP contribution in [0, 0.1) is 0 Å². The predicted molar refractivity (Wildman–Crippen MR) is 80.3 cm³/mol. The second kappa shape index (κ2) is 14.8. The summed E-state index contributed by atoms with van der Waals surface area (Å²) in [6, 6.07) is 0. The zero-order valence-corrected chi connectivity index (χ0v) is 10.8. The van der Waals surface area contributed by atoms with Gasteiger partial charge in [-0.2, -0.15) is 0 Å². The first-order valence-electron chi connectivity index (χ1n) is 5.96. The van der Waals surface area contributed by atoms with Crippen molar-refractivity contribution in [1.29, 1.82) is 0 Å². The summed E-state index contributed by atoms with van der Waals surface area (Å²) in [5.74, 6) is 0. The van der Waals surface area contributed by atoms with Crippen molar-refractivity contribution in [1.82, 2.24) is 0 Å². The van der Waals surface area contributed by atoms with E-state index in [0.717, 1.165) is 12.7 Å². The second-order valence-electron chi connectivity index (χ2n) is 3.29. The van der Waals surface area contributed by atoms with E-state index < -0.39 is 0 Å². The Kier molecular flexibility index (Phi) is 13.1. The minimum Gasteiger partial charge on any atom is -0.299 e. The molecule has 0 saturated carbocycles. The summed E-state index contributed by atoms with van der Waals surface area (Å²) >= 11 is 0. The highest BCUT2D eigenvalue weighted by molar-refractivity contribution is 5.65. The lowest BCUT2D eigenvalue weighted by atomic mass is 10.3. The van der Waals surface area contributed by atoms with Crippen molar-refractivity contribution in [2.75, 3.05) is 0 Å². The zero-order valence-electron chi connectivity index (χ0n) is 10.8. The molecule has 0 atom stereocenters. The first kappa shape index (κ1) is 15.9. The van der Waals surface area contributed by atoms with Gasteiger partial charge in [0, 0.05) is 0 Å². The number of carbonyl (C=O) groups excluding carboxylic acids is 1. The number of rotatable bonds is 8. The SMILES string of the molecule is C/C=C\C/C=C/C=C/C=C/C=C/C=C/C=C/C=O. The largest absolute Gasteiger partial charge is 0.299 e. The Morgan fingerprint density at radius 2 is 1.06 bits per heavy atom. The standard InChI is InChI=1S/C17H20O/c1-2-3-4-5-6-7-8-9-10-11-12-13-14-15-16-17-18/h2-3,5-17H,4H2,1H3/b3-2-,6-5+,8-7+,10-9+,12-11+,14-13+,16-15+. The summed E-state index contributed by atoms with van der Waals surface area (Å²) in [4.78, 5) is 9.96. The topological polar surface area (TPSA) is 17.1 Å². The van der Waals surface area contributed by atoms with E-state index in [1.807, 2.05) is 61.6 Å². The molecule has 0 aliphatic carbocycles. The van der Waals surface area contributed by atoms with Crippen LogP contribution in [-0.4, -0.2) is 6.29 Å². The van der Waals surface area contributed by atoms with Gasteiger partial charge in [-0.05, 0) is 19.4 Å². The van der Waals surface area contributed by atoms with E-state index in [1.165, 1.54) is 6.08 Å². The highest BCUT2D eigenvalue weighted by atomic mass is 16.1. The van der Waals surface area contributed by atoms with Gasteiger partial charge in [-0.1, -0.05) is 79.0 Å². The average molecular weight is 240 g/mol. The van der Waals surface area contributed by atoms with E-state index in [4.69, 9.17) is 0 Å². The number of hydrogen-bond acceptors (Lipinski definition) is 1. The zero-order chi connectivity index (χ0) is 13.3. The van der Waals surface area contributed by atoms with Gasteiger partial charge in [0.05, 0.1) is 0 Å². The van der Waals surface area contributed by atoms with E-state index in [0.29, 0.717) is 0 Å². The van der Waals surface area contributed by atoms with Crippen molar-refractivity contribution < 1.29 is 4.79 Å². The van der Waals surface area contributed by atoms with E-state index in [-0.39, 0.29) is 0 Å². The van der Waals surface area contributed by atoms with Crippen molar-refractivity contribution in [2.45, 2.75) is 13.3 Å². The molecule has 0 aliphatic heterocycles. The third kappa shape index (κ3) is 13.8. The first-order valence-corrected chi connectivity index (χ1v) is 5.96. The normalized spacial score (nSPS) is 13.8. The molecule has 0 aromatic heterocycles. The van der Waals surface area contributed by atoms with Gasteiger partial charge >= 0.3 is 0 Å². The molecule has 18 heavy (non-hydrogen) atoms. The van der Waals surface area contributed by atoms with Crippen LogP contribution in [0.5, 0.6) is 0 Å². The maximum atomic E-state index is 9.96. The van der Waals surface area contributed by atoms with Crippen LogP contribution in [0.4, 0.5) is 0 Å². The smallest absolute Gasteiger partial charge is 0.142 e. The average Bonchev–Trinajstić information content (AvgIpc) is 2.39. The quantitative estimate of drug-likeness (QED) is 0.264. The van der Waals surface area contributed by atoms with E-state index >= 15 is 0 Å². The minimum absolute atomic E-state index is 0.753. The fourth-order valence-electron chi connectivity index (χ4n) is 0.994. The maximum absolute atomic E-state index is 9.96. The molecule has 0 aliphatic rings. The highest BCUT2D eigenvalue weighted by Gasteiger charge is 1.66. The molecule has 0 spiro atoms. The fraction of sp³-hybridized carbons (Fsp3) is 0.118. The van der Waals surface area contributed by atoms with Crippen LogP contribution < -0.4 is 0 Å². The highest BCUT2D eigenvalue weighted by Crippen LogP contribution is 1.88. The molecular weight excluding hydrogens is 220 g/mol. The molecule has 0 radical (unpaired) electrons. The number of hydrogen-bond donors (Lipinski definition) is 0. The van der Waals surface area contributed by atoms with Crippen LogP contribution in [0.3, 0.4) is 0 Å². The third-order valence-electron chi connectivity index (χ3n) is 1.83. The molecule has 1 nitrogen and oxygen atoms in total. The van der Waals surface area contributed by atoms with E-state index in [9.17, 15) is 4.79 Å². The van der Waals surface area contributed by atoms with Crippen LogP contribution in [0.2, 0.25) is 0 Å². The number of carbonyl (C=O) groups is 1. The van der Waals surface area contributed by atoms with E-state index in [1.54, 1.807) is 12.2 Å². The summed E-state index contributed by atoms with van der Waals surface area (Å²) in [5.41, 5.74) is 0. The van der Waals surface area contributed by atoms with Gasteiger partial charge in [0.25, 0.3) is 0 Å². The number of allylic oxidation sites excluding steroid dienone is 14. The van der Waals surface area contributed by atoms with E-state index in [2.05, 4.69) is 12.2 Å². The second-order valence-corrected chi connectivity index (χ2v) is 3.29. The van der Waals surface area contributed by atoms with Crippen molar-refractivity contribution in [3.63, 3.8) is 0 Å². The molecular formula is C17H20O. The first-order chi connectivity index (χ1) is 8.91. The fourth-order valence-corrected chi connectivity index (χ4v) is 0.994. The monoisotopic (exact) mass is 240 g/mol. The molecule has 1 heteroatoms. The van der Waals surface area contributed by atoms with Gasteiger partial charge < -0.3 is 0 Å². The Bertz CT molecular complexity index is 388. The van der Waals surface area contributed by atoms with Crippen LogP contribution in [0.15, 0.2) is 85.1 Å². The Morgan fingerprint density at radius 1 is 0.611 bits per heavy atom. The van der Waals surface area contributed by atoms with Gasteiger partial charge in [0.15, 0.2) is 0 Å². The molecule has 0 fully saturated rings. The molecule has 0 aromatic rings. The molecule has 0 aromatic carbocycles. The van der Waals surface area contributed by atoms with Crippen molar-refractivity contribution >= 4 is 6.29 Å². The van der Waals surface area contributed by atoms with Crippen LogP contribution in [0.25, 0.3) is 0 Å². The van der Waals surface area contributed by atoms with Gasteiger partial charge in [0.2, 0.25) is 0 Å². The Hall–Kier alpha value is -2.15. The number of aldehydes is 1. The minimum atomic E-state index is 0.753. The summed E-state index contributed by atoms with van der Waals surface area (Å²) in [5, 5.41) is 0. The third-order valence-corrected chi connectivity index (χ3v) is 1.83. The lowest BCUT2D eigenvalue weighted by Crippen LogP contribution is -1.57. The molecule has 0 amide bonds. The Morgan fingerprint density at radius 3 is 1.50 bits per heavy atom. The van der Waals surface area contributed by atoms with Crippen molar-refractivity contribution in [3.05, 3.63) is 85.1 Å². The molecule has 0 unspecified atom stereocenters. The Balaban J connectivity index is 3.76. The van der Waals surface area contributed by atoms with Crippen LogP contribution in [-0.2, 0) is 4.79 Å². The van der Waals surface area contributed by atoms with Crippen molar-refractivity contribution in [3.8, 4) is 0 Å². The summed E-state index contributed by atoms with van der Waals surface area (Å²) < 4.78 is 0. The summed E-state index contributed by atoms with van der Waals surface area (Å²) in [6.07, 6.45) is 28.5. The molecule has 0 N–H and O–H groups in total. The van der Waals surface area contributed by atoms with Gasteiger partial charge in [0.1, 0.15) is 6.29 Å².